The predicted molar refractivity (Wildman–Crippen MR) is 82.6 cm³/mol. The van der Waals surface area contributed by atoms with Gasteiger partial charge in [-0.1, -0.05) is 12.1 Å². The topological polar surface area (TPSA) is 95.5 Å². The Bertz CT molecular complexity index is 543. The number of carboxylic acids is 1. The van der Waals surface area contributed by atoms with E-state index in [4.69, 9.17) is 5.11 Å². The first-order chi connectivity index (χ1) is 10.4. The molecule has 0 aliphatic heterocycles. The normalized spacial score (nSPS) is 11.5. The number of amides is 2. The number of rotatable bonds is 8. The van der Waals surface area contributed by atoms with Crippen molar-refractivity contribution in [2.75, 3.05) is 7.05 Å². The average Bonchev–Trinajstić information content (AvgIpc) is 2.50. The largest absolute Gasteiger partial charge is 0.481 e. The predicted octanol–water partition coefficient (Wildman–Crippen LogP) is 1.35. The van der Waals surface area contributed by atoms with E-state index in [-0.39, 0.29) is 24.3 Å². The van der Waals surface area contributed by atoms with Crippen molar-refractivity contribution >= 4 is 17.8 Å². The maximum atomic E-state index is 11.8. The number of carbonyl (C=O) groups excluding carboxylic acids is 2. The van der Waals surface area contributed by atoms with E-state index in [2.05, 4.69) is 10.6 Å². The van der Waals surface area contributed by atoms with Crippen LogP contribution in [0.1, 0.15) is 42.1 Å². The van der Waals surface area contributed by atoms with Gasteiger partial charge in [0.15, 0.2) is 0 Å². The second kappa shape index (κ2) is 8.81. The molecule has 0 spiro atoms. The van der Waals surface area contributed by atoms with Crippen LogP contribution in [0.25, 0.3) is 0 Å². The molecule has 1 aromatic rings. The third-order valence-corrected chi connectivity index (χ3v) is 3.26. The first-order valence-corrected chi connectivity index (χ1v) is 7.24. The van der Waals surface area contributed by atoms with Gasteiger partial charge >= 0.3 is 5.97 Å². The maximum absolute atomic E-state index is 11.8. The molecule has 0 heterocycles. The van der Waals surface area contributed by atoms with Crippen molar-refractivity contribution in [1.82, 2.24) is 10.6 Å². The summed E-state index contributed by atoms with van der Waals surface area (Å²) < 4.78 is 0. The zero-order valence-corrected chi connectivity index (χ0v) is 12.9. The highest BCUT2D eigenvalue weighted by atomic mass is 16.4. The SMILES string of the molecule is CNC(=O)c1cccc(CCC(=O)NC(C)CCC(=O)O)c1. The average molecular weight is 306 g/mol. The minimum Gasteiger partial charge on any atom is -0.481 e. The fraction of sp³-hybridized carbons (Fsp3) is 0.438. The third-order valence-electron chi connectivity index (χ3n) is 3.26. The molecule has 1 atom stereocenters. The molecule has 1 unspecified atom stereocenters. The highest BCUT2D eigenvalue weighted by molar-refractivity contribution is 5.94. The van der Waals surface area contributed by atoms with Crippen molar-refractivity contribution in [3.8, 4) is 0 Å². The highest BCUT2D eigenvalue weighted by Crippen LogP contribution is 2.08. The fourth-order valence-corrected chi connectivity index (χ4v) is 2.03. The minimum atomic E-state index is -0.868. The second-order valence-corrected chi connectivity index (χ2v) is 5.18. The maximum Gasteiger partial charge on any atom is 0.303 e. The van der Waals surface area contributed by atoms with Crippen molar-refractivity contribution < 1.29 is 19.5 Å². The number of carboxylic acid groups (broad SMARTS) is 1. The van der Waals surface area contributed by atoms with Crippen LogP contribution in [0, 0.1) is 0 Å². The van der Waals surface area contributed by atoms with E-state index in [1.165, 1.54) is 0 Å². The molecule has 120 valence electrons. The summed E-state index contributed by atoms with van der Waals surface area (Å²) in [4.78, 5) is 33.8. The van der Waals surface area contributed by atoms with Crippen molar-refractivity contribution in [2.45, 2.75) is 38.6 Å². The van der Waals surface area contributed by atoms with Gasteiger partial charge in [0.1, 0.15) is 0 Å². The van der Waals surface area contributed by atoms with Crippen molar-refractivity contribution in [3.63, 3.8) is 0 Å². The first kappa shape index (κ1) is 17.7. The van der Waals surface area contributed by atoms with Crippen LogP contribution < -0.4 is 10.6 Å². The Morgan fingerprint density at radius 2 is 1.95 bits per heavy atom. The van der Waals surface area contributed by atoms with E-state index < -0.39 is 5.97 Å². The van der Waals surface area contributed by atoms with Crippen LogP contribution in [-0.4, -0.2) is 36.0 Å². The lowest BCUT2D eigenvalue weighted by Gasteiger charge is -2.12. The van der Waals surface area contributed by atoms with Gasteiger partial charge < -0.3 is 15.7 Å². The molecular weight excluding hydrogens is 284 g/mol. The second-order valence-electron chi connectivity index (χ2n) is 5.18. The number of hydrogen-bond donors (Lipinski definition) is 3. The van der Waals surface area contributed by atoms with Crippen LogP contribution in [0.3, 0.4) is 0 Å². The van der Waals surface area contributed by atoms with Crippen LogP contribution in [0.15, 0.2) is 24.3 Å². The molecule has 2 amide bonds. The zero-order valence-electron chi connectivity index (χ0n) is 12.9. The van der Waals surface area contributed by atoms with E-state index in [9.17, 15) is 14.4 Å². The van der Waals surface area contributed by atoms with Crippen LogP contribution >= 0.6 is 0 Å². The molecule has 1 aromatic carbocycles. The van der Waals surface area contributed by atoms with Gasteiger partial charge in [-0.25, -0.2) is 0 Å². The monoisotopic (exact) mass is 306 g/mol. The van der Waals surface area contributed by atoms with Gasteiger partial charge in [-0.2, -0.15) is 0 Å². The van der Waals surface area contributed by atoms with Crippen LogP contribution in [0.5, 0.6) is 0 Å². The van der Waals surface area contributed by atoms with E-state index in [0.717, 1.165) is 5.56 Å². The molecule has 0 radical (unpaired) electrons. The third kappa shape index (κ3) is 6.39. The van der Waals surface area contributed by atoms with E-state index in [1.807, 2.05) is 6.07 Å². The molecule has 0 bridgehead atoms. The zero-order chi connectivity index (χ0) is 16.5. The number of benzene rings is 1. The van der Waals surface area contributed by atoms with E-state index in [1.54, 1.807) is 32.2 Å². The molecule has 0 saturated heterocycles. The Morgan fingerprint density at radius 3 is 2.59 bits per heavy atom. The highest BCUT2D eigenvalue weighted by Gasteiger charge is 2.10. The van der Waals surface area contributed by atoms with Gasteiger partial charge in [0.2, 0.25) is 5.91 Å². The number of carbonyl (C=O) groups is 3. The standard InChI is InChI=1S/C16H22N2O4/c1-11(6-9-15(20)21)18-14(19)8-7-12-4-3-5-13(10-12)16(22)17-2/h3-5,10-11H,6-9H2,1-2H3,(H,17,22)(H,18,19)(H,20,21). The molecule has 22 heavy (non-hydrogen) atoms. The molecule has 0 aliphatic carbocycles. The Kier molecular flexibility index (Phi) is 7.08. The molecular formula is C16H22N2O4. The smallest absolute Gasteiger partial charge is 0.303 e. The first-order valence-electron chi connectivity index (χ1n) is 7.24. The molecule has 0 fully saturated rings. The molecule has 0 saturated carbocycles. The summed E-state index contributed by atoms with van der Waals surface area (Å²) in [6, 6.07) is 6.97. The number of nitrogens with one attached hydrogen (secondary N) is 2. The molecule has 6 heteroatoms. The molecule has 6 nitrogen and oxygen atoms in total. The van der Waals surface area contributed by atoms with Crippen molar-refractivity contribution in [1.29, 1.82) is 0 Å². The number of hydrogen-bond acceptors (Lipinski definition) is 3. The summed E-state index contributed by atoms with van der Waals surface area (Å²) in [6.07, 6.45) is 1.28. The summed E-state index contributed by atoms with van der Waals surface area (Å²) in [5.74, 6) is -1.15. The Morgan fingerprint density at radius 1 is 1.23 bits per heavy atom. The van der Waals surface area contributed by atoms with Crippen molar-refractivity contribution in [3.05, 3.63) is 35.4 Å². The van der Waals surface area contributed by atoms with Gasteiger partial charge in [0.05, 0.1) is 0 Å². The number of aryl methyl sites for hydroxylation is 1. The summed E-state index contributed by atoms with van der Waals surface area (Å²) in [6.45, 7) is 1.78. The molecule has 3 N–H and O–H groups in total. The van der Waals surface area contributed by atoms with E-state index in [0.29, 0.717) is 24.8 Å². The quantitative estimate of drug-likeness (QED) is 0.675. The summed E-state index contributed by atoms with van der Waals surface area (Å²) in [5.41, 5.74) is 1.48. The summed E-state index contributed by atoms with van der Waals surface area (Å²) in [5, 5.41) is 13.9. The lowest BCUT2D eigenvalue weighted by Crippen LogP contribution is -2.33. The van der Waals surface area contributed by atoms with Gasteiger partial charge in [-0.3, -0.25) is 14.4 Å². The lowest BCUT2D eigenvalue weighted by atomic mass is 10.1. The number of aliphatic carboxylic acids is 1. The summed E-state index contributed by atoms with van der Waals surface area (Å²) in [7, 11) is 1.57. The Hall–Kier alpha value is -2.37. The van der Waals surface area contributed by atoms with Crippen LogP contribution in [0.4, 0.5) is 0 Å². The Balaban J connectivity index is 2.44. The Labute approximate surface area is 129 Å². The molecule has 0 aliphatic rings. The van der Waals surface area contributed by atoms with Gasteiger partial charge in [-0.15, -0.1) is 0 Å². The fourth-order valence-electron chi connectivity index (χ4n) is 2.03. The van der Waals surface area contributed by atoms with Gasteiger partial charge in [0.25, 0.3) is 5.91 Å². The molecule has 0 aromatic heterocycles. The lowest BCUT2D eigenvalue weighted by molar-refractivity contribution is -0.137. The summed E-state index contributed by atoms with van der Waals surface area (Å²) >= 11 is 0. The van der Waals surface area contributed by atoms with Crippen LogP contribution in [0.2, 0.25) is 0 Å². The minimum absolute atomic E-state index is 0.0373. The van der Waals surface area contributed by atoms with E-state index >= 15 is 0 Å². The van der Waals surface area contributed by atoms with Gasteiger partial charge in [0, 0.05) is 31.5 Å². The van der Waals surface area contributed by atoms with Gasteiger partial charge in [-0.05, 0) is 37.5 Å². The molecule has 1 rings (SSSR count). The van der Waals surface area contributed by atoms with Crippen LogP contribution in [-0.2, 0) is 16.0 Å². The van der Waals surface area contributed by atoms with Crippen molar-refractivity contribution in [2.24, 2.45) is 0 Å².